The average Bonchev–Trinajstić information content (AvgIpc) is 2.87. The Hall–Kier alpha value is -3.50. The van der Waals surface area contributed by atoms with Crippen LogP contribution in [0.15, 0.2) is 65.6 Å². The zero-order valence-electron chi connectivity index (χ0n) is 19.4. The lowest BCUT2D eigenvalue weighted by Crippen LogP contribution is -2.42. The van der Waals surface area contributed by atoms with Crippen LogP contribution in [0.25, 0.3) is 0 Å². The Bertz CT molecular complexity index is 1350. The van der Waals surface area contributed by atoms with Gasteiger partial charge in [-0.15, -0.1) is 0 Å². The third-order valence-corrected chi connectivity index (χ3v) is 7.52. The number of hydrogen-bond donors (Lipinski definition) is 1. The van der Waals surface area contributed by atoms with Crippen molar-refractivity contribution in [3.63, 3.8) is 0 Å². The molecule has 0 spiro atoms. The van der Waals surface area contributed by atoms with Crippen LogP contribution in [-0.2, 0) is 14.8 Å². The molecule has 190 valence electrons. The van der Waals surface area contributed by atoms with E-state index in [1.807, 2.05) is 13.0 Å². The molecule has 0 saturated carbocycles. The molecule has 8 nitrogen and oxygen atoms in total. The summed E-state index contributed by atoms with van der Waals surface area (Å²) in [7, 11) is -4.21. The van der Waals surface area contributed by atoms with Crippen molar-refractivity contribution >= 4 is 33.2 Å². The molecule has 4 rings (SSSR count). The van der Waals surface area contributed by atoms with E-state index in [2.05, 4.69) is 5.32 Å². The van der Waals surface area contributed by atoms with Crippen LogP contribution >= 0.6 is 11.6 Å². The molecule has 0 unspecified atom stereocenters. The molecule has 1 aliphatic rings. The quantitative estimate of drug-likeness (QED) is 0.418. The summed E-state index contributed by atoms with van der Waals surface area (Å²) in [5.41, 5.74) is 1.05. The predicted octanol–water partition coefficient (Wildman–Crippen LogP) is 3.95. The summed E-state index contributed by atoms with van der Waals surface area (Å²) in [4.78, 5) is 12.6. The minimum absolute atomic E-state index is 0.0940. The number of ether oxygens (including phenoxy) is 3. The number of carbonyl (C=O) groups excluding carboxylic acids is 1. The van der Waals surface area contributed by atoms with Crippen molar-refractivity contribution in [2.24, 2.45) is 0 Å². The number of anilines is 1. The van der Waals surface area contributed by atoms with Crippen LogP contribution in [-0.4, -0.2) is 47.2 Å². The summed E-state index contributed by atoms with van der Waals surface area (Å²) in [6.45, 7) is 2.28. The maximum atomic E-state index is 13.5. The number of carbonyl (C=O) groups is 1. The first-order chi connectivity index (χ1) is 17.2. The molecule has 1 aliphatic heterocycles. The third kappa shape index (κ3) is 6.00. The van der Waals surface area contributed by atoms with Crippen molar-refractivity contribution in [1.82, 2.24) is 5.32 Å². The fourth-order valence-electron chi connectivity index (χ4n) is 3.44. The maximum Gasteiger partial charge on any atom is 0.264 e. The van der Waals surface area contributed by atoms with Gasteiger partial charge in [0, 0.05) is 11.1 Å². The number of nitrogens with zero attached hydrogens (tertiary/aromatic N) is 1. The molecule has 3 aromatic carbocycles. The Morgan fingerprint density at radius 1 is 1.06 bits per heavy atom. The fourth-order valence-corrected chi connectivity index (χ4v) is 5.05. The number of halogens is 2. The van der Waals surface area contributed by atoms with Crippen LogP contribution in [0.4, 0.5) is 10.1 Å². The number of fused-ring (bicyclic) bond motifs is 1. The number of hydrogen-bond acceptors (Lipinski definition) is 6. The van der Waals surface area contributed by atoms with Gasteiger partial charge < -0.3 is 19.5 Å². The van der Waals surface area contributed by atoms with Gasteiger partial charge in [-0.1, -0.05) is 17.7 Å². The van der Waals surface area contributed by atoms with Crippen LogP contribution < -0.4 is 23.8 Å². The van der Waals surface area contributed by atoms with E-state index in [4.69, 9.17) is 25.8 Å². The third-order valence-electron chi connectivity index (χ3n) is 5.34. The monoisotopic (exact) mass is 534 g/mol. The van der Waals surface area contributed by atoms with E-state index in [-0.39, 0.29) is 30.3 Å². The average molecular weight is 535 g/mol. The minimum atomic E-state index is -4.21. The van der Waals surface area contributed by atoms with Gasteiger partial charge in [0.25, 0.3) is 10.0 Å². The van der Waals surface area contributed by atoms with Crippen molar-refractivity contribution in [2.45, 2.75) is 11.8 Å². The summed E-state index contributed by atoms with van der Waals surface area (Å²) >= 11 is 6.08. The van der Waals surface area contributed by atoms with Crippen molar-refractivity contribution in [3.05, 3.63) is 77.1 Å². The van der Waals surface area contributed by atoms with Crippen LogP contribution in [0.1, 0.15) is 5.56 Å². The lowest BCUT2D eigenvalue weighted by molar-refractivity contribution is -0.119. The molecular formula is C25H24ClFN2O6S. The fraction of sp³-hybridized carbons (Fsp3) is 0.240. The molecule has 1 amide bonds. The molecular weight excluding hydrogens is 511 g/mol. The van der Waals surface area contributed by atoms with Gasteiger partial charge in [-0.2, -0.15) is 0 Å². The van der Waals surface area contributed by atoms with E-state index in [1.54, 1.807) is 12.1 Å². The molecule has 3 aromatic rings. The predicted molar refractivity (Wildman–Crippen MR) is 133 cm³/mol. The summed E-state index contributed by atoms with van der Waals surface area (Å²) in [6.07, 6.45) is 0. The highest BCUT2D eigenvalue weighted by Gasteiger charge is 2.29. The molecule has 36 heavy (non-hydrogen) atoms. The number of aryl methyl sites for hydroxylation is 1. The summed E-state index contributed by atoms with van der Waals surface area (Å²) in [5, 5.41) is 3.21. The second-order valence-electron chi connectivity index (χ2n) is 7.90. The summed E-state index contributed by atoms with van der Waals surface area (Å²) in [6, 6.07) is 14.3. The van der Waals surface area contributed by atoms with Gasteiger partial charge in [-0.3, -0.25) is 9.10 Å². The van der Waals surface area contributed by atoms with E-state index in [9.17, 15) is 17.6 Å². The van der Waals surface area contributed by atoms with Crippen LogP contribution in [0, 0.1) is 12.7 Å². The smallest absolute Gasteiger partial charge is 0.264 e. The Morgan fingerprint density at radius 2 is 1.78 bits per heavy atom. The van der Waals surface area contributed by atoms with Crippen molar-refractivity contribution in [1.29, 1.82) is 0 Å². The van der Waals surface area contributed by atoms with Crippen LogP contribution in [0.2, 0.25) is 5.02 Å². The van der Waals surface area contributed by atoms with E-state index in [0.717, 1.165) is 22.0 Å². The van der Waals surface area contributed by atoms with Gasteiger partial charge in [0.1, 0.15) is 37.9 Å². The van der Waals surface area contributed by atoms with E-state index < -0.39 is 28.3 Å². The highest BCUT2D eigenvalue weighted by Crippen LogP contribution is 2.34. The molecule has 11 heteroatoms. The topological polar surface area (TPSA) is 94.2 Å². The molecule has 0 radical (unpaired) electrons. The number of rotatable bonds is 9. The Kier molecular flexibility index (Phi) is 7.85. The molecule has 0 atom stereocenters. The molecule has 0 bridgehead atoms. The van der Waals surface area contributed by atoms with E-state index in [0.29, 0.717) is 28.9 Å². The highest BCUT2D eigenvalue weighted by atomic mass is 35.5. The van der Waals surface area contributed by atoms with Crippen molar-refractivity contribution in [3.8, 4) is 17.2 Å². The summed E-state index contributed by atoms with van der Waals surface area (Å²) < 4.78 is 58.0. The highest BCUT2D eigenvalue weighted by molar-refractivity contribution is 7.92. The van der Waals surface area contributed by atoms with Crippen molar-refractivity contribution < 1.29 is 31.8 Å². The van der Waals surface area contributed by atoms with Gasteiger partial charge in [-0.25, -0.2) is 12.8 Å². The first-order valence-corrected chi connectivity index (χ1v) is 12.9. The normalized spacial score (nSPS) is 12.6. The SMILES string of the molecule is Cc1ccc(OCCNC(=O)CN(c2ccc(F)cc2)S(=O)(=O)c2ccc3c(c2)OCCO3)cc1Cl. The number of benzene rings is 3. The second-order valence-corrected chi connectivity index (χ2v) is 10.2. The Balaban J connectivity index is 1.47. The molecule has 1 heterocycles. The van der Waals surface area contributed by atoms with E-state index >= 15 is 0 Å². The van der Waals surface area contributed by atoms with Gasteiger partial charge >= 0.3 is 0 Å². The zero-order valence-corrected chi connectivity index (χ0v) is 20.9. The maximum absolute atomic E-state index is 13.5. The van der Waals surface area contributed by atoms with Gasteiger partial charge in [-0.05, 0) is 61.0 Å². The lowest BCUT2D eigenvalue weighted by Gasteiger charge is -2.25. The van der Waals surface area contributed by atoms with E-state index in [1.165, 1.54) is 30.3 Å². The molecule has 0 fully saturated rings. The lowest BCUT2D eigenvalue weighted by atomic mass is 10.2. The van der Waals surface area contributed by atoms with Gasteiger partial charge in [0.15, 0.2) is 11.5 Å². The molecule has 0 aromatic heterocycles. The number of nitrogens with one attached hydrogen (secondary N) is 1. The second kappa shape index (κ2) is 11.0. The minimum Gasteiger partial charge on any atom is -0.492 e. The number of amides is 1. The Labute approximate surface area is 213 Å². The van der Waals surface area contributed by atoms with Crippen molar-refractivity contribution in [2.75, 3.05) is 37.2 Å². The molecule has 0 saturated heterocycles. The largest absolute Gasteiger partial charge is 0.492 e. The van der Waals surface area contributed by atoms with Gasteiger partial charge in [0.2, 0.25) is 5.91 Å². The summed E-state index contributed by atoms with van der Waals surface area (Å²) in [5.74, 6) is 0.175. The number of sulfonamides is 1. The van der Waals surface area contributed by atoms with Gasteiger partial charge in [0.05, 0.1) is 17.1 Å². The first kappa shape index (κ1) is 25.6. The standard InChI is InChI=1S/C25H24ClFN2O6S/c1-17-2-7-20(14-22(17)26)33-11-10-28-25(30)16-29(19-5-3-18(27)4-6-19)36(31,32)21-8-9-23-24(15-21)35-13-12-34-23/h2-9,14-15H,10-13,16H2,1H3,(H,28,30). The zero-order chi connectivity index (χ0) is 25.7. The molecule has 0 aliphatic carbocycles. The van der Waals surface area contributed by atoms with Crippen LogP contribution in [0.5, 0.6) is 17.2 Å². The first-order valence-electron chi connectivity index (χ1n) is 11.1. The van der Waals surface area contributed by atoms with Crippen LogP contribution in [0.3, 0.4) is 0 Å². The Morgan fingerprint density at radius 3 is 2.50 bits per heavy atom. The molecule has 1 N–H and O–H groups in total.